The smallest absolute Gasteiger partial charge is 0.273 e. The van der Waals surface area contributed by atoms with Crippen LogP contribution in [0.2, 0.25) is 0 Å². The number of morpholine rings is 1. The third-order valence-electron chi connectivity index (χ3n) is 3.38. The Morgan fingerprint density at radius 3 is 2.77 bits per heavy atom. The lowest BCUT2D eigenvalue weighted by atomic mass is 10.2. The van der Waals surface area contributed by atoms with Crippen LogP contribution in [0.15, 0.2) is 23.1 Å². The van der Waals surface area contributed by atoms with Gasteiger partial charge in [0.2, 0.25) is 10.0 Å². The van der Waals surface area contributed by atoms with Crippen LogP contribution in [0.25, 0.3) is 0 Å². The lowest BCUT2D eigenvalue weighted by Gasteiger charge is -2.31. The van der Waals surface area contributed by atoms with E-state index in [-0.39, 0.29) is 55.3 Å². The summed E-state index contributed by atoms with van der Waals surface area (Å²) in [6, 6.07) is 3.91. The molecule has 1 aliphatic rings. The predicted molar refractivity (Wildman–Crippen MR) is 82.6 cm³/mol. The van der Waals surface area contributed by atoms with Crippen molar-refractivity contribution in [3.05, 3.63) is 33.9 Å². The van der Waals surface area contributed by atoms with Gasteiger partial charge in [-0.2, -0.15) is 4.31 Å². The van der Waals surface area contributed by atoms with Crippen molar-refractivity contribution in [3.8, 4) is 0 Å². The number of aryl methyl sites for hydroxylation is 1. The predicted octanol–water partition coefficient (Wildman–Crippen LogP) is 0.673. The van der Waals surface area contributed by atoms with E-state index in [2.05, 4.69) is 0 Å². The molecule has 0 radical (unpaired) electrons. The average molecular weight is 352 g/mol. The van der Waals surface area contributed by atoms with Crippen molar-refractivity contribution in [1.29, 1.82) is 0 Å². The molecule has 1 aromatic rings. The number of halogens is 1. The number of hydrogen-bond donors (Lipinski definition) is 1. The Balaban J connectivity index is 0.00000242. The number of nitro groups is 1. The molecule has 0 aromatic heterocycles. The minimum atomic E-state index is -3.78. The Labute approximate surface area is 134 Å². The molecule has 1 aliphatic heterocycles. The van der Waals surface area contributed by atoms with Gasteiger partial charge < -0.3 is 10.5 Å². The summed E-state index contributed by atoms with van der Waals surface area (Å²) in [5.74, 6) is 0. The summed E-state index contributed by atoms with van der Waals surface area (Å²) in [5, 5.41) is 10.9. The zero-order valence-electron chi connectivity index (χ0n) is 12.0. The number of hydrogen-bond acceptors (Lipinski definition) is 6. The van der Waals surface area contributed by atoms with E-state index >= 15 is 0 Å². The first kappa shape index (κ1) is 18.8. The first-order valence-corrected chi connectivity index (χ1v) is 7.87. The maximum atomic E-state index is 12.5. The van der Waals surface area contributed by atoms with Gasteiger partial charge in [0.05, 0.1) is 22.5 Å². The Bertz CT molecular complexity index is 652. The van der Waals surface area contributed by atoms with E-state index in [1.54, 1.807) is 6.92 Å². The van der Waals surface area contributed by atoms with Gasteiger partial charge in [-0.3, -0.25) is 10.1 Å². The monoisotopic (exact) mass is 351 g/mol. The number of nitrogens with zero attached hydrogens (tertiary/aromatic N) is 2. The maximum Gasteiger partial charge on any atom is 0.273 e. The van der Waals surface area contributed by atoms with Gasteiger partial charge in [0.25, 0.3) is 5.69 Å². The number of sulfonamides is 1. The molecule has 22 heavy (non-hydrogen) atoms. The molecule has 1 unspecified atom stereocenters. The number of nitro benzene ring substituents is 1. The molecule has 1 fully saturated rings. The molecular formula is C12H18ClN3O5S. The molecule has 0 aliphatic carbocycles. The van der Waals surface area contributed by atoms with Crippen molar-refractivity contribution < 1.29 is 18.1 Å². The van der Waals surface area contributed by atoms with E-state index in [0.29, 0.717) is 5.56 Å². The highest BCUT2D eigenvalue weighted by Crippen LogP contribution is 2.25. The van der Waals surface area contributed by atoms with Crippen molar-refractivity contribution in [2.24, 2.45) is 5.73 Å². The van der Waals surface area contributed by atoms with Gasteiger partial charge in [0, 0.05) is 31.3 Å². The van der Waals surface area contributed by atoms with Gasteiger partial charge >= 0.3 is 0 Å². The fraction of sp³-hybridized carbons (Fsp3) is 0.500. The molecule has 0 saturated carbocycles. The van der Waals surface area contributed by atoms with Crippen LogP contribution in [0.1, 0.15) is 5.56 Å². The van der Waals surface area contributed by atoms with Crippen molar-refractivity contribution in [1.82, 2.24) is 4.31 Å². The summed E-state index contributed by atoms with van der Waals surface area (Å²) in [7, 11) is -3.78. The second-order valence-electron chi connectivity index (χ2n) is 4.80. The van der Waals surface area contributed by atoms with E-state index in [1.807, 2.05) is 0 Å². The van der Waals surface area contributed by atoms with Crippen LogP contribution in [0, 0.1) is 17.0 Å². The van der Waals surface area contributed by atoms with Crippen molar-refractivity contribution in [3.63, 3.8) is 0 Å². The van der Waals surface area contributed by atoms with Crippen molar-refractivity contribution in [2.75, 3.05) is 26.2 Å². The first-order chi connectivity index (χ1) is 9.86. The van der Waals surface area contributed by atoms with Crippen LogP contribution in [-0.2, 0) is 14.8 Å². The first-order valence-electron chi connectivity index (χ1n) is 6.43. The molecule has 124 valence electrons. The number of nitrogens with two attached hydrogens (primary N) is 1. The normalized spacial score (nSPS) is 19.5. The van der Waals surface area contributed by atoms with Crippen LogP contribution in [0.3, 0.4) is 0 Å². The van der Waals surface area contributed by atoms with Gasteiger partial charge in [-0.15, -0.1) is 12.4 Å². The molecule has 0 spiro atoms. The molecule has 1 heterocycles. The van der Waals surface area contributed by atoms with E-state index in [1.165, 1.54) is 16.4 Å². The zero-order chi connectivity index (χ0) is 15.6. The van der Waals surface area contributed by atoms with Crippen LogP contribution in [0.4, 0.5) is 5.69 Å². The summed E-state index contributed by atoms with van der Waals surface area (Å²) in [4.78, 5) is 10.3. The van der Waals surface area contributed by atoms with Crippen LogP contribution in [0.5, 0.6) is 0 Å². The average Bonchev–Trinajstić information content (AvgIpc) is 2.47. The zero-order valence-corrected chi connectivity index (χ0v) is 13.6. The third-order valence-corrected chi connectivity index (χ3v) is 5.24. The van der Waals surface area contributed by atoms with Gasteiger partial charge in [-0.1, -0.05) is 6.07 Å². The number of rotatable bonds is 4. The summed E-state index contributed by atoms with van der Waals surface area (Å²) >= 11 is 0. The highest BCUT2D eigenvalue weighted by molar-refractivity contribution is 7.89. The minimum Gasteiger partial charge on any atom is -0.374 e. The molecule has 2 N–H and O–H groups in total. The van der Waals surface area contributed by atoms with Crippen molar-refractivity contribution >= 4 is 28.1 Å². The maximum absolute atomic E-state index is 12.5. The molecule has 2 rings (SSSR count). The van der Waals surface area contributed by atoms with E-state index in [9.17, 15) is 18.5 Å². The van der Waals surface area contributed by atoms with Crippen LogP contribution in [-0.4, -0.2) is 50.0 Å². The Morgan fingerprint density at radius 2 is 2.18 bits per heavy atom. The molecule has 1 aromatic carbocycles. The molecule has 8 nitrogen and oxygen atoms in total. The fourth-order valence-corrected chi connectivity index (χ4v) is 3.62. The fourth-order valence-electron chi connectivity index (χ4n) is 2.15. The summed E-state index contributed by atoms with van der Waals surface area (Å²) in [6.45, 7) is 2.41. The Morgan fingerprint density at radius 1 is 1.50 bits per heavy atom. The summed E-state index contributed by atoms with van der Waals surface area (Å²) in [6.07, 6.45) is -0.353. The van der Waals surface area contributed by atoms with E-state index in [0.717, 1.165) is 6.07 Å². The summed E-state index contributed by atoms with van der Waals surface area (Å²) < 4.78 is 31.7. The quantitative estimate of drug-likeness (QED) is 0.629. The van der Waals surface area contributed by atoms with Crippen LogP contribution >= 0.6 is 12.4 Å². The summed E-state index contributed by atoms with van der Waals surface area (Å²) in [5.41, 5.74) is 5.70. The highest BCUT2D eigenvalue weighted by atomic mass is 35.5. The lowest BCUT2D eigenvalue weighted by molar-refractivity contribution is -0.385. The number of benzene rings is 1. The SMILES string of the molecule is Cc1ccc(S(=O)(=O)N2CCOC(CN)C2)cc1[N+](=O)[O-].Cl. The van der Waals surface area contributed by atoms with Crippen LogP contribution < -0.4 is 5.73 Å². The lowest BCUT2D eigenvalue weighted by Crippen LogP contribution is -2.48. The third kappa shape index (κ3) is 3.73. The molecule has 0 bridgehead atoms. The number of ether oxygens (including phenoxy) is 1. The van der Waals surface area contributed by atoms with Gasteiger partial charge in [-0.05, 0) is 13.0 Å². The Hall–Kier alpha value is -1.26. The van der Waals surface area contributed by atoms with Gasteiger partial charge in [0.15, 0.2) is 0 Å². The molecule has 10 heteroatoms. The molecule has 0 amide bonds. The van der Waals surface area contributed by atoms with Gasteiger partial charge in [-0.25, -0.2) is 8.42 Å². The van der Waals surface area contributed by atoms with Gasteiger partial charge in [0.1, 0.15) is 0 Å². The second kappa shape index (κ2) is 7.34. The molecular weight excluding hydrogens is 334 g/mol. The molecule has 1 atom stereocenters. The standard InChI is InChI=1S/C12H17N3O5S.ClH/c1-9-2-3-11(6-12(9)15(16)17)21(18,19)14-4-5-20-10(7-13)8-14;/h2-3,6,10H,4-5,7-8,13H2,1H3;1H. The Kier molecular flexibility index (Phi) is 6.27. The second-order valence-corrected chi connectivity index (χ2v) is 6.73. The highest BCUT2D eigenvalue weighted by Gasteiger charge is 2.31. The largest absolute Gasteiger partial charge is 0.374 e. The van der Waals surface area contributed by atoms with Crippen molar-refractivity contribution in [2.45, 2.75) is 17.9 Å². The van der Waals surface area contributed by atoms with E-state index < -0.39 is 14.9 Å². The van der Waals surface area contributed by atoms with E-state index in [4.69, 9.17) is 10.5 Å². The molecule has 1 saturated heterocycles. The minimum absolute atomic E-state index is 0. The topological polar surface area (TPSA) is 116 Å².